The van der Waals surface area contributed by atoms with Crippen LogP contribution in [0.4, 0.5) is 8.78 Å². The lowest BCUT2D eigenvalue weighted by Gasteiger charge is -2.13. The smallest absolute Gasteiger partial charge is 0.387 e. The zero-order chi connectivity index (χ0) is 13.8. The first kappa shape index (κ1) is 13.8. The van der Waals surface area contributed by atoms with Crippen LogP contribution in [0.5, 0.6) is 5.75 Å². The summed E-state index contributed by atoms with van der Waals surface area (Å²) in [7, 11) is 0. The fourth-order valence-corrected chi connectivity index (χ4v) is 1.85. The number of alkyl halides is 2. The highest BCUT2D eigenvalue weighted by Crippen LogP contribution is 2.23. The summed E-state index contributed by atoms with van der Waals surface area (Å²) in [5, 5.41) is 0.636. The van der Waals surface area contributed by atoms with E-state index in [-0.39, 0.29) is 11.8 Å². The van der Waals surface area contributed by atoms with E-state index in [0.29, 0.717) is 5.02 Å². The molecule has 0 aromatic heterocycles. The highest BCUT2D eigenvalue weighted by atomic mass is 35.5. The lowest BCUT2D eigenvalue weighted by Crippen LogP contribution is -2.11. The Labute approximate surface area is 114 Å². The molecule has 0 aliphatic rings. The molecule has 0 saturated heterocycles. The van der Waals surface area contributed by atoms with Gasteiger partial charge in [0.1, 0.15) is 5.75 Å². The van der Waals surface area contributed by atoms with Crippen LogP contribution in [0.1, 0.15) is 17.2 Å². The van der Waals surface area contributed by atoms with Crippen molar-refractivity contribution >= 4 is 11.6 Å². The lowest BCUT2D eigenvalue weighted by molar-refractivity contribution is -0.0498. The molecule has 100 valence electrons. The van der Waals surface area contributed by atoms with Gasteiger partial charge in [-0.25, -0.2) is 0 Å². The molecule has 0 radical (unpaired) electrons. The summed E-state index contributed by atoms with van der Waals surface area (Å²) in [5.74, 6) is 0.113. The predicted molar refractivity (Wildman–Crippen MR) is 70.6 cm³/mol. The molecule has 5 heteroatoms. The van der Waals surface area contributed by atoms with E-state index in [1.165, 1.54) is 12.1 Å². The van der Waals surface area contributed by atoms with Gasteiger partial charge in [-0.05, 0) is 35.4 Å². The number of rotatable bonds is 4. The summed E-state index contributed by atoms with van der Waals surface area (Å²) in [6.07, 6.45) is 0. The van der Waals surface area contributed by atoms with E-state index >= 15 is 0 Å². The van der Waals surface area contributed by atoms with E-state index in [1.54, 1.807) is 24.3 Å². The lowest BCUT2D eigenvalue weighted by atomic mass is 10.00. The summed E-state index contributed by atoms with van der Waals surface area (Å²) < 4.78 is 28.3. The quantitative estimate of drug-likeness (QED) is 0.921. The summed E-state index contributed by atoms with van der Waals surface area (Å²) in [6, 6.07) is 13.1. The highest BCUT2D eigenvalue weighted by molar-refractivity contribution is 6.30. The topological polar surface area (TPSA) is 35.2 Å². The van der Waals surface area contributed by atoms with Crippen LogP contribution in [0.3, 0.4) is 0 Å². The maximum Gasteiger partial charge on any atom is 0.387 e. The van der Waals surface area contributed by atoms with E-state index < -0.39 is 6.61 Å². The molecule has 0 spiro atoms. The van der Waals surface area contributed by atoms with Gasteiger partial charge in [0.2, 0.25) is 0 Å². The third-order valence-corrected chi connectivity index (χ3v) is 2.95. The molecule has 0 fully saturated rings. The van der Waals surface area contributed by atoms with Crippen LogP contribution >= 0.6 is 11.6 Å². The number of halogens is 3. The van der Waals surface area contributed by atoms with Gasteiger partial charge >= 0.3 is 6.61 Å². The molecule has 0 heterocycles. The van der Waals surface area contributed by atoms with E-state index in [0.717, 1.165) is 11.1 Å². The average molecular weight is 284 g/mol. The first-order valence-corrected chi connectivity index (χ1v) is 6.00. The molecule has 0 aliphatic carbocycles. The Morgan fingerprint density at radius 1 is 0.895 bits per heavy atom. The number of ether oxygens (including phenoxy) is 1. The monoisotopic (exact) mass is 283 g/mol. The molecule has 2 aromatic rings. The summed E-state index contributed by atoms with van der Waals surface area (Å²) in [6.45, 7) is -2.82. The first-order valence-electron chi connectivity index (χ1n) is 5.62. The maximum atomic E-state index is 12.0. The van der Waals surface area contributed by atoms with E-state index in [4.69, 9.17) is 17.3 Å². The molecular formula is C14H12ClF2NO. The third kappa shape index (κ3) is 3.66. The highest BCUT2D eigenvalue weighted by Gasteiger charge is 2.10. The van der Waals surface area contributed by atoms with Gasteiger partial charge in [0.15, 0.2) is 0 Å². The third-order valence-electron chi connectivity index (χ3n) is 2.69. The molecule has 2 aromatic carbocycles. The largest absolute Gasteiger partial charge is 0.435 e. The van der Waals surface area contributed by atoms with Crippen molar-refractivity contribution in [1.29, 1.82) is 0 Å². The van der Waals surface area contributed by atoms with Gasteiger partial charge in [0.25, 0.3) is 0 Å². The van der Waals surface area contributed by atoms with Crippen molar-refractivity contribution in [3.63, 3.8) is 0 Å². The Balaban J connectivity index is 2.15. The predicted octanol–water partition coefficient (Wildman–Crippen LogP) is 3.99. The zero-order valence-corrected chi connectivity index (χ0v) is 10.6. The van der Waals surface area contributed by atoms with Crippen LogP contribution in [-0.2, 0) is 0 Å². The Hall–Kier alpha value is -1.65. The number of benzene rings is 2. The second-order valence-corrected chi connectivity index (χ2v) is 4.41. The van der Waals surface area contributed by atoms with Gasteiger partial charge in [0, 0.05) is 5.02 Å². The van der Waals surface area contributed by atoms with Crippen molar-refractivity contribution in [3.8, 4) is 5.75 Å². The maximum absolute atomic E-state index is 12.0. The molecule has 19 heavy (non-hydrogen) atoms. The minimum atomic E-state index is -2.82. The van der Waals surface area contributed by atoms with Crippen molar-refractivity contribution in [3.05, 3.63) is 64.7 Å². The molecule has 0 bridgehead atoms. The Morgan fingerprint density at radius 2 is 1.37 bits per heavy atom. The van der Waals surface area contributed by atoms with Crippen LogP contribution in [0, 0.1) is 0 Å². The summed E-state index contributed by atoms with van der Waals surface area (Å²) in [4.78, 5) is 0. The van der Waals surface area contributed by atoms with E-state index in [9.17, 15) is 8.78 Å². The molecular weight excluding hydrogens is 272 g/mol. The van der Waals surface area contributed by atoms with Gasteiger partial charge < -0.3 is 10.5 Å². The summed E-state index contributed by atoms with van der Waals surface area (Å²) in [5.41, 5.74) is 7.79. The normalized spacial score (nSPS) is 12.5. The molecule has 0 saturated carbocycles. The van der Waals surface area contributed by atoms with Crippen molar-refractivity contribution in [1.82, 2.24) is 0 Å². The molecule has 2 rings (SSSR count). The minimum Gasteiger partial charge on any atom is -0.435 e. The van der Waals surface area contributed by atoms with Crippen LogP contribution in [0.2, 0.25) is 5.02 Å². The van der Waals surface area contributed by atoms with Crippen molar-refractivity contribution in [2.24, 2.45) is 5.73 Å². The SMILES string of the molecule is N[C@H](c1ccc(Cl)cc1)c1ccc(OC(F)F)cc1. The van der Waals surface area contributed by atoms with Crippen LogP contribution in [0.25, 0.3) is 0 Å². The number of hydrogen-bond donors (Lipinski definition) is 1. The van der Waals surface area contributed by atoms with Gasteiger partial charge in [-0.2, -0.15) is 8.78 Å². The molecule has 0 aliphatic heterocycles. The van der Waals surface area contributed by atoms with Crippen LogP contribution in [0.15, 0.2) is 48.5 Å². The van der Waals surface area contributed by atoms with Crippen LogP contribution < -0.4 is 10.5 Å². The molecule has 2 N–H and O–H groups in total. The molecule has 0 unspecified atom stereocenters. The second kappa shape index (κ2) is 5.99. The Bertz CT molecular complexity index is 528. The molecule has 0 amide bonds. The fourth-order valence-electron chi connectivity index (χ4n) is 1.72. The van der Waals surface area contributed by atoms with Gasteiger partial charge in [-0.3, -0.25) is 0 Å². The number of hydrogen-bond acceptors (Lipinski definition) is 2. The van der Waals surface area contributed by atoms with Crippen molar-refractivity contribution in [2.75, 3.05) is 0 Å². The number of nitrogens with two attached hydrogens (primary N) is 1. The minimum absolute atomic E-state index is 0.113. The van der Waals surface area contributed by atoms with Crippen molar-refractivity contribution < 1.29 is 13.5 Å². The van der Waals surface area contributed by atoms with Gasteiger partial charge in [-0.1, -0.05) is 35.9 Å². The van der Waals surface area contributed by atoms with Crippen LogP contribution in [-0.4, -0.2) is 6.61 Å². The second-order valence-electron chi connectivity index (χ2n) is 3.98. The van der Waals surface area contributed by atoms with Gasteiger partial charge in [0.05, 0.1) is 6.04 Å². The average Bonchev–Trinajstić information content (AvgIpc) is 2.39. The summed E-state index contributed by atoms with van der Waals surface area (Å²) >= 11 is 5.80. The van der Waals surface area contributed by atoms with Crippen molar-refractivity contribution in [2.45, 2.75) is 12.7 Å². The first-order chi connectivity index (χ1) is 9.06. The van der Waals surface area contributed by atoms with E-state index in [2.05, 4.69) is 4.74 Å². The molecule has 2 nitrogen and oxygen atoms in total. The fraction of sp³-hybridized carbons (Fsp3) is 0.143. The standard InChI is InChI=1S/C14H12ClF2NO/c15-11-5-1-9(2-6-11)13(18)10-3-7-12(8-4-10)19-14(16)17/h1-8,13-14H,18H2/t13-/m1/s1. The Morgan fingerprint density at radius 3 is 1.84 bits per heavy atom. The van der Waals surface area contributed by atoms with E-state index in [1.807, 2.05) is 12.1 Å². The van der Waals surface area contributed by atoms with Gasteiger partial charge in [-0.15, -0.1) is 0 Å². The zero-order valence-electron chi connectivity index (χ0n) is 9.89. The molecule has 1 atom stereocenters. The Kier molecular flexibility index (Phi) is 4.35.